The average molecular weight is 510 g/mol. The van der Waals surface area contributed by atoms with Gasteiger partial charge >= 0.3 is 0 Å². The molecule has 1 fully saturated rings. The summed E-state index contributed by atoms with van der Waals surface area (Å²) in [7, 11) is 1.83. The summed E-state index contributed by atoms with van der Waals surface area (Å²) in [6.07, 6.45) is 2.16. The maximum atomic E-state index is 13.4. The van der Waals surface area contributed by atoms with E-state index in [4.69, 9.17) is 0 Å². The minimum Gasteiger partial charge on any atom is -0.341 e. The highest BCUT2D eigenvalue weighted by Gasteiger charge is 2.18. The number of nitrogens with zero attached hydrogens (tertiary/aromatic N) is 1. The maximum absolute atomic E-state index is 13.4. The van der Waals surface area contributed by atoms with Crippen LogP contribution in [0.2, 0.25) is 0 Å². The van der Waals surface area contributed by atoms with E-state index in [0.29, 0.717) is 13.0 Å². The number of benzene rings is 2. The molecular weight excluding hydrogens is 487 g/mol. The van der Waals surface area contributed by atoms with Gasteiger partial charge in [-0.1, -0.05) is 49.6 Å². The molecule has 1 amide bonds. The van der Waals surface area contributed by atoms with Crippen molar-refractivity contribution in [3.05, 3.63) is 73.9 Å². The van der Waals surface area contributed by atoms with E-state index in [-0.39, 0.29) is 11.7 Å². The monoisotopic (exact) mass is 508 g/mol. The second kappa shape index (κ2) is 9.81. The van der Waals surface area contributed by atoms with Crippen LogP contribution >= 0.6 is 31.9 Å². The van der Waals surface area contributed by atoms with Crippen molar-refractivity contribution >= 4 is 43.3 Å². The van der Waals surface area contributed by atoms with Crippen LogP contribution in [-0.4, -0.2) is 30.9 Å². The van der Waals surface area contributed by atoms with Crippen molar-refractivity contribution in [2.75, 3.05) is 20.1 Å². The SMILES string of the molecule is CN(Cc1cc(Br)cc(Br)c1)C(=O)CC(=C1CCNCC1)c1ccc(F)cc1. The molecule has 1 aliphatic rings. The molecule has 0 atom stereocenters. The zero-order valence-electron chi connectivity index (χ0n) is 15.8. The lowest BCUT2D eigenvalue weighted by molar-refractivity contribution is -0.129. The molecule has 1 N–H and O–H groups in total. The third-order valence-corrected chi connectivity index (χ3v) is 5.84. The smallest absolute Gasteiger partial charge is 0.227 e. The lowest BCUT2D eigenvalue weighted by atomic mass is 9.91. The van der Waals surface area contributed by atoms with E-state index in [9.17, 15) is 9.18 Å². The number of hydrogen-bond acceptors (Lipinski definition) is 2. The molecule has 0 saturated carbocycles. The quantitative estimate of drug-likeness (QED) is 0.574. The molecule has 2 aromatic rings. The van der Waals surface area contributed by atoms with Crippen LogP contribution in [0.25, 0.3) is 5.57 Å². The van der Waals surface area contributed by atoms with Gasteiger partial charge in [0, 0.05) is 22.5 Å². The molecule has 1 heterocycles. The maximum Gasteiger partial charge on any atom is 0.227 e. The Hall–Kier alpha value is -1.50. The van der Waals surface area contributed by atoms with Crippen molar-refractivity contribution in [2.24, 2.45) is 0 Å². The average Bonchev–Trinajstić information content (AvgIpc) is 2.66. The Labute approximate surface area is 182 Å². The number of carbonyl (C=O) groups is 1. The zero-order valence-corrected chi connectivity index (χ0v) is 18.9. The fourth-order valence-electron chi connectivity index (χ4n) is 3.46. The fourth-order valence-corrected chi connectivity index (χ4v) is 4.85. The molecule has 148 valence electrons. The Balaban J connectivity index is 1.79. The first-order valence-electron chi connectivity index (χ1n) is 9.29. The lowest BCUT2D eigenvalue weighted by Crippen LogP contribution is -2.27. The molecular formula is C22H23Br2FN2O. The number of carbonyl (C=O) groups excluding carboxylic acids is 1. The first-order valence-corrected chi connectivity index (χ1v) is 10.9. The molecule has 0 unspecified atom stereocenters. The predicted molar refractivity (Wildman–Crippen MR) is 118 cm³/mol. The van der Waals surface area contributed by atoms with Crippen molar-refractivity contribution in [2.45, 2.75) is 25.8 Å². The third kappa shape index (κ3) is 5.75. The molecule has 6 heteroatoms. The van der Waals surface area contributed by atoms with E-state index in [0.717, 1.165) is 51.6 Å². The summed E-state index contributed by atoms with van der Waals surface area (Å²) in [4.78, 5) is 14.7. The molecule has 0 bridgehead atoms. The van der Waals surface area contributed by atoms with Crippen LogP contribution in [0.4, 0.5) is 4.39 Å². The van der Waals surface area contributed by atoms with Gasteiger partial charge in [-0.05, 0) is 73.0 Å². The van der Waals surface area contributed by atoms with Crippen molar-refractivity contribution < 1.29 is 9.18 Å². The van der Waals surface area contributed by atoms with Crippen LogP contribution in [0.5, 0.6) is 0 Å². The second-order valence-electron chi connectivity index (χ2n) is 7.04. The first kappa shape index (κ1) is 21.2. The van der Waals surface area contributed by atoms with Crippen LogP contribution in [0.15, 0.2) is 57.0 Å². The van der Waals surface area contributed by atoms with Gasteiger partial charge in [0.25, 0.3) is 0 Å². The minimum absolute atomic E-state index is 0.0569. The number of hydrogen-bond donors (Lipinski definition) is 1. The van der Waals surface area contributed by atoms with Gasteiger partial charge < -0.3 is 10.2 Å². The molecule has 3 nitrogen and oxygen atoms in total. The molecule has 1 saturated heterocycles. The van der Waals surface area contributed by atoms with Crippen molar-refractivity contribution in [3.8, 4) is 0 Å². The largest absolute Gasteiger partial charge is 0.341 e. The van der Waals surface area contributed by atoms with Gasteiger partial charge in [0.1, 0.15) is 5.82 Å². The van der Waals surface area contributed by atoms with E-state index >= 15 is 0 Å². The number of amides is 1. The summed E-state index contributed by atoms with van der Waals surface area (Å²) in [6, 6.07) is 12.5. The Morgan fingerprint density at radius 1 is 1.07 bits per heavy atom. The molecule has 1 aliphatic heterocycles. The molecule has 0 spiro atoms. The summed E-state index contributed by atoms with van der Waals surface area (Å²) in [5.41, 5.74) is 4.31. The highest BCUT2D eigenvalue weighted by atomic mass is 79.9. The number of rotatable bonds is 5. The molecule has 28 heavy (non-hydrogen) atoms. The Morgan fingerprint density at radius 3 is 2.29 bits per heavy atom. The predicted octanol–water partition coefficient (Wildman–Crippen LogP) is 5.54. The van der Waals surface area contributed by atoms with Gasteiger partial charge in [-0.2, -0.15) is 0 Å². The lowest BCUT2D eigenvalue weighted by Gasteiger charge is -2.23. The van der Waals surface area contributed by atoms with Crippen molar-refractivity contribution in [1.29, 1.82) is 0 Å². The summed E-state index contributed by atoms with van der Waals surface area (Å²) >= 11 is 6.98. The third-order valence-electron chi connectivity index (χ3n) is 4.92. The van der Waals surface area contributed by atoms with Gasteiger partial charge in [0.2, 0.25) is 5.91 Å². The standard InChI is InChI=1S/C22H23Br2FN2O/c1-27(14-15-10-18(23)12-19(24)11-15)22(28)13-21(17-6-8-26-9-7-17)16-2-4-20(25)5-3-16/h2-5,10-12,26H,6-9,13-14H2,1H3. The topological polar surface area (TPSA) is 32.3 Å². The number of nitrogens with one attached hydrogen (secondary N) is 1. The van der Waals surface area contributed by atoms with E-state index in [2.05, 4.69) is 37.2 Å². The van der Waals surface area contributed by atoms with E-state index < -0.39 is 0 Å². The molecule has 0 radical (unpaired) electrons. The molecule has 3 rings (SSSR count). The second-order valence-corrected chi connectivity index (χ2v) is 8.87. The summed E-state index contributed by atoms with van der Waals surface area (Å²) in [6.45, 7) is 2.36. The fraction of sp³-hybridized carbons (Fsp3) is 0.318. The van der Waals surface area contributed by atoms with Gasteiger partial charge in [0.05, 0.1) is 6.42 Å². The zero-order chi connectivity index (χ0) is 20.1. The first-order chi connectivity index (χ1) is 13.4. The minimum atomic E-state index is -0.262. The van der Waals surface area contributed by atoms with Crippen LogP contribution in [0.1, 0.15) is 30.4 Å². The summed E-state index contributed by atoms with van der Waals surface area (Å²) in [5, 5.41) is 3.35. The molecule has 2 aromatic carbocycles. The van der Waals surface area contributed by atoms with Crippen LogP contribution in [0, 0.1) is 5.82 Å². The Kier molecular flexibility index (Phi) is 7.43. The van der Waals surface area contributed by atoms with Gasteiger partial charge in [-0.3, -0.25) is 4.79 Å². The van der Waals surface area contributed by atoms with Crippen molar-refractivity contribution in [1.82, 2.24) is 10.2 Å². The van der Waals surface area contributed by atoms with Gasteiger partial charge in [-0.15, -0.1) is 0 Å². The normalized spacial score (nSPS) is 14.1. The molecule has 0 aromatic heterocycles. The molecule has 0 aliphatic carbocycles. The highest BCUT2D eigenvalue weighted by Crippen LogP contribution is 2.29. The van der Waals surface area contributed by atoms with E-state index in [1.165, 1.54) is 17.7 Å². The summed E-state index contributed by atoms with van der Waals surface area (Å²) < 4.78 is 15.3. The van der Waals surface area contributed by atoms with Crippen LogP contribution < -0.4 is 5.32 Å². The number of piperidine rings is 1. The van der Waals surface area contributed by atoms with E-state index in [1.807, 2.05) is 25.2 Å². The van der Waals surface area contributed by atoms with Crippen LogP contribution in [0.3, 0.4) is 0 Å². The van der Waals surface area contributed by atoms with Crippen molar-refractivity contribution in [3.63, 3.8) is 0 Å². The van der Waals surface area contributed by atoms with Gasteiger partial charge in [0.15, 0.2) is 0 Å². The summed E-state index contributed by atoms with van der Waals surface area (Å²) in [5.74, 6) is -0.205. The van der Waals surface area contributed by atoms with Gasteiger partial charge in [-0.25, -0.2) is 4.39 Å². The highest BCUT2D eigenvalue weighted by molar-refractivity contribution is 9.11. The Morgan fingerprint density at radius 2 is 1.68 bits per heavy atom. The number of halogens is 3. The van der Waals surface area contributed by atoms with E-state index in [1.54, 1.807) is 17.0 Å². The Bertz CT molecular complexity index is 852. The van der Waals surface area contributed by atoms with Crippen LogP contribution in [-0.2, 0) is 11.3 Å².